The topological polar surface area (TPSA) is 58.2 Å². The van der Waals surface area contributed by atoms with Crippen LogP contribution in [0.4, 0.5) is 5.69 Å². The van der Waals surface area contributed by atoms with Gasteiger partial charge in [-0.2, -0.15) is 0 Å². The van der Waals surface area contributed by atoms with Crippen LogP contribution in [0.15, 0.2) is 59.1 Å². The van der Waals surface area contributed by atoms with Crippen molar-refractivity contribution in [1.29, 1.82) is 0 Å². The summed E-state index contributed by atoms with van der Waals surface area (Å²) in [5.41, 5.74) is 2.15. The molecule has 0 atom stereocenters. The maximum Gasteiger partial charge on any atom is 0.251 e. The maximum absolute atomic E-state index is 11.8. The number of nitrogens with one attached hydrogen (secondary N) is 2. The van der Waals surface area contributed by atoms with E-state index in [1.807, 2.05) is 24.3 Å². The zero-order valence-electron chi connectivity index (χ0n) is 12.0. The van der Waals surface area contributed by atoms with Crippen molar-refractivity contribution in [3.05, 3.63) is 70.2 Å². The molecule has 22 heavy (non-hydrogen) atoms. The van der Waals surface area contributed by atoms with Gasteiger partial charge in [-0.3, -0.25) is 9.59 Å². The Balaban J connectivity index is 1.99. The quantitative estimate of drug-likeness (QED) is 0.822. The minimum atomic E-state index is -0.214. The van der Waals surface area contributed by atoms with E-state index >= 15 is 0 Å². The highest BCUT2D eigenvalue weighted by molar-refractivity contribution is 9.10. The Morgan fingerprint density at radius 3 is 2.45 bits per heavy atom. The van der Waals surface area contributed by atoms with Gasteiger partial charge in [-0.1, -0.05) is 34.1 Å². The van der Waals surface area contributed by atoms with Crippen molar-refractivity contribution in [2.75, 3.05) is 12.4 Å². The predicted molar refractivity (Wildman–Crippen MR) is 91.6 cm³/mol. The smallest absolute Gasteiger partial charge is 0.251 e. The highest BCUT2D eigenvalue weighted by Crippen LogP contribution is 2.15. The van der Waals surface area contributed by atoms with Crippen molar-refractivity contribution in [3.8, 4) is 0 Å². The number of anilines is 1. The Morgan fingerprint density at radius 2 is 1.82 bits per heavy atom. The molecule has 0 aromatic heterocycles. The highest BCUT2D eigenvalue weighted by Gasteiger charge is 2.02. The number of carbonyl (C=O) groups excluding carboxylic acids is 2. The third-order valence-electron chi connectivity index (χ3n) is 2.92. The summed E-state index contributed by atoms with van der Waals surface area (Å²) in [7, 11) is 1.59. The molecule has 0 heterocycles. The van der Waals surface area contributed by atoms with Gasteiger partial charge in [0.25, 0.3) is 5.91 Å². The van der Waals surface area contributed by atoms with Crippen LogP contribution in [0.1, 0.15) is 15.9 Å². The third-order valence-corrected chi connectivity index (χ3v) is 3.41. The Morgan fingerprint density at radius 1 is 1.09 bits per heavy atom. The fourth-order valence-electron chi connectivity index (χ4n) is 1.81. The molecule has 0 radical (unpaired) electrons. The molecule has 0 saturated heterocycles. The first-order valence-electron chi connectivity index (χ1n) is 6.65. The fourth-order valence-corrected chi connectivity index (χ4v) is 2.21. The molecular weight excluding hydrogens is 344 g/mol. The number of carbonyl (C=O) groups is 2. The van der Waals surface area contributed by atoms with Crippen molar-refractivity contribution < 1.29 is 9.59 Å². The van der Waals surface area contributed by atoms with E-state index in [-0.39, 0.29) is 11.8 Å². The van der Waals surface area contributed by atoms with E-state index in [1.54, 1.807) is 37.4 Å². The normalized spacial score (nSPS) is 10.5. The molecular formula is C17H15BrN2O2. The van der Waals surface area contributed by atoms with Gasteiger partial charge in [0.15, 0.2) is 0 Å². The van der Waals surface area contributed by atoms with E-state index < -0.39 is 0 Å². The summed E-state index contributed by atoms with van der Waals surface area (Å²) in [6, 6.07) is 14.4. The number of benzene rings is 2. The fraction of sp³-hybridized carbons (Fsp3) is 0.0588. The summed E-state index contributed by atoms with van der Waals surface area (Å²) in [6.45, 7) is 0. The summed E-state index contributed by atoms with van der Waals surface area (Å²) in [5.74, 6) is -0.351. The molecule has 0 aliphatic carbocycles. The minimum Gasteiger partial charge on any atom is -0.355 e. The van der Waals surface area contributed by atoms with Gasteiger partial charge in [-0.05, 0) is 42.0 Å². The van der Waals surface area contributed by atoms with Crippen molar-refractivity contribution in [2.24, 2.45) is 0 Å². The second-order valence-electron chi connectivity index (χ2n) is 4.53. The molecule has 0 fully saturated rings. The van der Waals surface area contributed by atoms with E-state index in [1.165, 1.54) is 6.08 Å². The molecule has 0 aliphatic rings. The average molecular weight is 359 g/mol. The summed E-state index contributed by atoms with van der Waals surface area (Å²) >= 11 is 3.35. The third kappa shape index (κ3) is 4.56. The predicted octanol–water partition coefficient (Wildman–Crippen LogP) is 3.46. The van der Waals surface area contributed by atoms with Gasteiger partial charge in [0.1, 0.15) is 0 Å². The van der Waals surface area contributed by atoms with E-state index in [2.05, 4.69) is 26.6 Å². The van der Waals surface area contributed by atoms with Crippen LogP contribution in [0.25, 0.3) is 6.08 Å². The first-order valence-corrected chi connectivity index (χ1v) is 7.44. The molecule has 2 rings (SSSR count). The molecule has 4 nitrogen and oxygen atoms in total. The first kappa shape index (κ1) is 16.0. The molecule has 2 aromatic carbocycles. The van der Waals surface area contributed by atoms with Gasteiger partial charge in [0, 0.05) is 28.8 Å². The molecule has 2 aromatic rings. The van der Waals surface area contributed by atoms with Gasteiger partial charge in [-0.15, -0.1) is 0 Å². The molecule has 0 unspecified atom stereocenters. The van der Waals surface area contributed by atoms with Crippen LogP contribution >= 0.6 is 15.9 Å². The van der Waals surface area contributed by atoms with E-state index in [0.29, 0.717) is 5.56 Å². The van der Waals surface area contributed by atoms with Gasteiger partial charge < -0.3 is 10.6 Å². The summed E-state index contributed by atoms with van der Waals surface area (Å²) in [5, 5.41) is 5.33. The van der Waals surface area contributed by atoms with E-state index in [4.69, 9.17) is 0 Å². The van der Waals surface area contributed by atoms with Gasteiger partial charge in [0.05, 0.1) is 0 Å². The lowest BCUT2D eigenvalue weighted by Crippen LogP contribution is -2.17. The summed E-state index contributed by atoms with van der Waals surface area (Å²) in [4.78, 5) is 23.3. The Hall–Kier alpha value is -2.40. The molecule has 5 heteroatoms. The lowest BCUT2D eigenvalue weighted by molar-refractivity contribution is -0.111. The van der Waals surface area contributed by atoms with Crippen LogP contribution in [-0.2, 0) is 4.79 Å². The number of halogens is 1. The zero-order chi connectivity index (χ0) is 15.9. The molecule has 0 bridgehead atoms. The number of hydrogen-bond donors (Lipinski definition) is 2. The van der Waals surface area contributed by atoms with E-state index in [0.717, 1.165) is 15.7 Å². The summed E-state index contributed by atoms with van der Waals surface area (Å²) in [6.07, 6.45) is 3.15. The van der Waals surface area contributed by atoms with Crippen LogP contribution in [0.2, 0.25) is 0 Å². The van der Waals surface area contributed by atoms with Crippen LogP contribution in [0.3, 0.4) is 0 Å². The summed E-state index contributed by atoms with van der Waals surface area (Å²) < 4.78 is 0.902. The Bertz CT molecular complexity index is 709. The monoisotopic (exact) mass is 358 g/mol. The molecule has 0 aliphatic heterocycles. The second kappa shape index (κ2) is 7.56. The molecule has 112 valence electrons. The van der Waals surface area contributed by atoms with Crippen molar-refractivity contribution in [2.45, 2.75) is 0 Å². The van der Waals surface area contributed by atoms with Gasteiger partial charge in [0.2, 0.25) is 5.91 Å². The largest absolute Gasteiger partial charge is 0.355 e. The van der Waals surface area contributed by atoms with Crippen molar-refractivity contribution >= 4 is 39.5 Å². The zero-order valence-corrected chi connectivity index (χ0v) is 13.6. The highest BCUT2D eigenvalue weighted by atomic mass is 79.9. The molecule has 0 saturated carbocycles. The van der Waals surface area contributed by atoms with E-state index in [9.17, 15) is 9.59 Å². The average Bonchev–Trinajstić information content (AvgIpc) is 2.52. The minimum absolute atomic E-state index is 0.136. The standard InChI is InChI=1S/C17H15BrN2O2/c1-19-17(22)13-8-5-12(6-9-13)7-10-16(21)20-15-4-2-3-14(18)11-15/h2-11H,1H3,(H,19,22)(H,20,21)/b10-7+. The van der Waals surface area contributed by atoms with Crippen LogP contribution in [-0.4, -0.2) is 18.9 Å². The molecule has 2 amide bonds. The maximum atomic E-state index is 11.8. The first-order chi connectivity index (χ1) is 10.6. The number of amides is 2. The van der Waals surface area contributed by atoms with Crippen LogP contribution in [0, 0.1) is 0 Å². The van der Waals surface area contributed by atoms with Crippen LogP contribution in [0.5, 0.6) is 0 Å². The molecule has 2 N–H and O–H groups in total. The Labute approximate surface area is 137 Å². The number of rotatable bonds is 4. The SMILES string of the molecule is CNC(=O)c1ccc(/C=C/C(=O)Nc2cccc(Br)c2)cc1. The lowest BCUT2D eigenvalue weighted by atomic mass is 10.1. The van der Waals surface area contributed by atoms with Crippen molar-refractivity contribution in [3.63, 3.8) is 0 Å². The Kier molecular flexibility index (Phi) is 5.49. The van der Waals surface area contributed by atoms with Crippen LogP contribution < -0.4 is 10.6 Å². The number of hydrogen-bond acceptors (Lipinski definition) is 2. The van der Waals surface area contributed by atoms with Gasteiger partial charge in [-0.25, -0.2) is 0 Å². The molecule has 0 spiro atoms. The van der Waals surface area contributed by atoms with Crippen molar-refractivity contribution in [1.82, 2.24) is 5.32 Å². The lowest BCUT2D eigenvalue weighted by Gasteiger charge is -2.02. The second-order valence-corrected chi connectivity index (χ2v) is 5.45. The van der Waals surface area contributed by atoms with Gasteiger partial charge >= 0.3 is 0 Å².